The Morgan fingerprint density at radius 2 is 1.19 bits per heavy atom. The van der Waals surface area contributed by atoms with E-state index >= 15 is 0 Å². The minimum atomic E-state index is 0.853. The Bertz CT molecular complexity index is 1870. The Labute approximate surface area is 208 Å². The Hall–Kier alpha value is -4.76. The molecule has 0 amide bonds. The van der Waals surface area contributed by atoms with E-state index in [0.717, 1.165) is 38.7 Å². The SMILES string of the molecule is COc1ccc(-c2c3ccccc3c(-c3cc4c(ccc5ncccc54)cn3)c3ccccc23)cc1. The lowest BCUT2D eigenvalue weighted by Gasteiger charge is -2.17. The van der Waals surface area contributed by atoms with Crippen LogP contribution in [0, 0.1) is 0 Å². The van der Waals surface area contributed by atoms with E-state index in [0.29, 0.717) is 0 Å². The van der Waals surface area contributed by atoms with Crippen LogP contribution in [0.2, 0.25) is 0 Å². The van der Waals surface area contributed by atoms with Gasteiger partial charge in [0.15, 0.2) is 0 Å². The molecule has 36 heavy (non-hydrogen) atoms. The summed E-state index contributed by atoms with van der Waals surface area (Å²) in [6.45, 7) is 0. The number of hydrogen-bond acceptors (Lipinski definition) is 3. The summed E-state index contributed by atoms with van der Waals surface area (Å²) in [6, 6.07) is 36.1. The monoisotopic (exact) mass is 462 g/mol. The molecule has 7 aromatic rings. The van der Waals surface area contributed by atoms with E-state index in [-0.39, 0.29) is 0 Å². The summed E-state index contributed by atoms with van der Waals surface area (Å²) in [4.78, 5) is 9.53. The molecule has 0 aliphatic carbocycles. The number of aromatic nitrogens is 2. The Balaban J connectivity index is 1.59. The molecule has 0 saturated heterocycles. The number of nitrogens with zero attached hydrogens (tertiary/aromatic N) is 2. The van der Waals surface area contributed by atoms with Gasteiger partial charge >= 0.3 is 0 Å². The van der Waals surface area contributed by atoms with Crippen LogP contribution in [0.4, 0.5) is 0 Å². The van der Waals surface area contributed by atoms with E-state index < -0.39 is 0 Å². The number of rotatable bonds is 3. The first-order valence-corrected chi connectivity index (χ1v) is 12.0. The van der Waals surface area contributed by atoms with Crippen LogP contribution in [0.5, 0.6) is 5.75 Å². The third kappa shape index (κ3) is 3.14. The maximum Gasteiger partial charge on any atom is 0.118 e. The summed E-state index contributed by atoms with van der Waals surface area (Å²) >= 11 is 0. The molecule has 0 bridgehead atoms. The average Bonchev–Trinajstić information content (AvgIpc) is 2.95. The van der Waals surface area contributed by atoms with Crippen LogP contribution in [0.15, 0.2) is 116 Å². The highest BCUT2D eigenvalue weighted by molar-refractivity contribution is 6.21. The molecule has 2 aromatic heterocycles. The molecule has 0 fully saturated rings. The Morgan fingerprint density at radius 1 is 0.556 bits per heavy atom. The molecule has 0 aliphatic heterocycles. The topological polar surface area (TPSA) is 35.0 Å². The van der Waals surface area contributed by atoms with Crippen LogP contribution in [0.3, 0.4) is 0 Å². The first kappa shape index (κ1) is 20.6. The Morgan fingerprint density at radius 3 is 1.86 bits per heavy atom. The smallest absolute Gasteiger partial charge is 0.118 e. The molecule has 170 valence electrons. The van der Waals surface area contributed by atoms with E-state index in [1.807, 2.05) is 30.6 Å². The van der Waals surface area contributed by atoms with Gasteiger partial charge in [-0.25, -0.2) is 0 Å². The van der Waals surface area contributed by atoms with Crippen LogP contribution >= 0.6 is 0 Å². The molecule has 0 radical (unpaired) electrons. The van der Waals surface area contributed by atoms with Crippen molar-refractivity contribution in [1.29, 1.82) is 0 Å². The van der Waals surface area contributed by atoms with E-state index in [9.17, 15) is 0 Å². The molecule has 7 rings (SSSR count). The van der Waals surface area contributed by atoms with Crippen molar-refractivity contribution >= 4 is 43.2 Å². The van der Waals surface area contributed by atoms with Gasteiger partial charge in [-0.05, 0) is 68.4 Å². The van der Waals surface area contributed by atoms with Crippen molar-refractivity contribution in [1.82, 2.24) is 9.97 Å². The standard InChI is InChI=1S/C33H22N2O/c1-36-23-15-12-21(13-16-23)32-25-7-2-4-9-27(25)33(28-10-5-3-8-26(28)32)31-19-29-22(20-35-31)14-17-30-24(29)11-6-18-34-30/h2-20H,1H3. The summed E-state index contributed by atoms with van der Waals surface area (Å²) in [6.07, 6.45) is 3.83. The third-order valence-electron chi connectivity index (χ3n) is 7.05. The molecule has 0 saturated carbocycles. The number of hydrogen-bond donors (Lipinski definition) is 0. The first-order valence-electron chi connectivity index (χ1n) is 12.0. The number of benzene rings is 5. The molecule has 0 aliphatic rings. The Kier molecular flexibility index (Phi) is 4.68. The summed E-state index contributed by atoms with van der Waals surface area (Å²) < 4.78 is 5.41. The fourth-order valence-corrected chi connectivity index (χ4v) is 5.39. The number of methoxy groups -OCH3 is 1. The van der Waals surface area contributed by atoms with Gasteiger partial charge in [0.1, 0.15) is 5.75 Å². The molecule has 0 unspecified atom stereocenters. The average molecular weight is 463 g/mol. The zero-order chi connectivity index (χ0) is 24.1. The number of fused-ring (bicyclic) bond motifs is 5. The van der Waals surface area contributed by atoms with Crippen LogP contribution in [-0.2, 0) is 0 Å². The van der Waals surface area contributed by atoms with Crippen molar-refractivity contribution in [2.75, 3.05) is 7.11 Å². The fraction of sp³-hybridized carbons (Fsp3) is 0.0303. The first-order chi connectivity index (χ1) is 17.8. The minimum absolute atomic E-state index is 0.853. The van der Waals surface area contributed by atoms with Crippen molar-refractivity contribution in [2.24, 2.45) is 0 Å². The second kappa shape index (κ2) is 8.17. The predicted octanol–water partition coefficient (Wildman–Crippen LogP) is 8.43. The van der Waals surface area contributed by atoms with Crippen molar-refractivity contribution in [3.05, 3.63) is 116 Å². The van der Waals surface area contributed by atoms with Gasteiger partial charge in [-0.15, -0.1) is 0 Å². The highest BCUT2D eigenvalue weighted by Crippen LogP contribution is 2.43. The van der Waals surface area contributed by atoms with Gasteiger partial charge in [-0.3, -0.25) is 9.97 Å². The summed E-state index contributed by atoms with van der Waals surface area (Å²) in [5, 5.41) is 8.21. The van der Waals surface area contributed by atoms with Crippen molar-refractivity contribution in [2.45, 2.75) is 0 Å². The number of pyridine rings is 2. The maximum atomic E-state index is 5.41. The van der Waals surface area contributed by atoms with Gasteiger partial charge in [-0.2, -0.15) is 0 Å². The van der Waals surface area contributed by atoms with Crippen LogP contribution < -0.4 is 4.74 Å². The maximum absolute atomic E-state index is 5.41. The lowest BCUT2D eigenvalue weighted by Crippen LogP contribution is -1.93. The fourth-order valence-electron chi connectivity index (χ4n) is 5.39. The largest absolute Gasteiger partial charge is 0.497 e. The number of ether oxygens (including phenoxy) is 1. The highest BCUT2D eigenvalue weighted by Gasteiger charge is 2.17. The molecule has 0 atom stereocenters. The second-order valence-electron chi connectivity index (χ2n) is 9.00. The van der Waals surface area contributed by atoms with Crippen LogP contribution in [0.25, 0.3) is 65.6 Å². The van der Waals surface area contributed by atoms with E-state index in [2.05, 4.69) is 89.9 Å². The van der Waals surface area contributed by atoms with E-state index in [4.69, 9.17) is 9.72 Å². The highest BCUT2D eigenvalue weighted by atomic mass is 16.5. The molecular formula is C33H22N2O. The normalized spacial score (nSPS) is 11.5. The molecular weight excluding hydrogens is 440 g/mol. The third-order valence-corrected chi connectivity index (χ3v) is 7.05. The van der Waals surface area contributed by atoms with E-state index in [1.54, 1.807) is 7.11 Å². The van der Waals surface area contributed by atoms with Gasteiger partial charge < -0.3 is 4.74 Å². The molecule has 0 spiro atoms. The summed E-state index contributed by atoms with van der Waals surface area (Å²) in [5.41, 5.74) is 5.50. The van der Waals surface area contributed by atoms with Gasteiger partial charge in [0, 0.05) is 28.7 Å². The molecule has 5 aromatic carbocycles. The van der Waals surface area contributed by atoms with Crippen LogP contribution in [-0.4, -0.2) is 17.1 Å². The zero-order valence-electron chi connectivity index (χ0n) is 19.8. The summed E-state index contributed by atoms with van der Waals surface area (Å²) in [7, 11) is 1.70. The molecule has 2 heterocycles. The van der Waals surface area contributed by atoms with Gasteiger partial charge in [0.05, 0.1) is 18.3 Å². The lowest BCUT2D eigenvalue weighted by molar-refractivity contribution is 0.415. The zero-order valence-corrected chi connectivity index (χ0v) is 19.8. The van der Waals surface area contributed by atoms with E-state index in [1.165, 1.54) is 32.7 Å². The van der Waals surface area contributed by atoms with Gasteiger partial charge in [-0.1, -0.05) is 72.8 Å². The quantitative estimate of drug-likeness (QED) is 0.195. The second-order valence-corrected chi connectivity index (χ2v) is 9.00. The molecule has 3 nitrogen and oxygen atoms in total. The molecule has 3 heteroatoms. The van der Waals surface area contributed by atoms with Crippen molar-refractivity contribution < 1.29 is 4.74 Å². The van der Waals surface area contributed by atoms with Gasteiger partial charge in [0.2, 0.25) is 0 Å². The van der Waals surface area contributed by atoms with Crippen molar-refractivity contribution in [3.63, 3.8) is 0 Å². The molecule has 0 N–H and O–H groups in total. The van der Waals surface area contributed by atoms with Crippen molar-refractivity contribution in [3.8, 4) is 28.1 Å². The minimum Gasteiger partial charge on any atom is -0.497 e. The predicted molar refractivity (Wildman–Crippen MR) is 149 cm³/mol. The summed E-state index contributed by atoms with van der Waals surface area (Å²) in [5.74, 6) is 0.853. The van der Waals surface area contributed by atoms with Crippen LogP contribution in [0.1, 0.15) is 0 Å². The lowest BCUT2D eigenvalue weighted by atomic mass is 9.87. The van der Waals surface area contributed by atoms with Gasteiger partial charge in [0.25, 0.3) is 0 Å².